The number of aromatic nitrogens is 1. The van der Waals surface area contributed by atoms with Gasteiger partial charge >= 0.3 is 0 Å². The van der Waals surface area contributed by atoms with Crippen molar-refractivity contribution >= 4 is 19.3 Å². The summed E-state index contributed by atoms with van der Waals surface area (Å²) in [6.07, 6.45) is 3.04. The van der Waals surface area contributed by atoms with Gasteiger partial charge in [-0.05, 0) is 46.9 Å². The van der Waals surface area contributed by atoms with Gasteiger partial charge in [-0.15, -0.1) is 0 Å². The Bertz CT molecular complexity index is 1700. The lowest BCUT2D eigenvalue weighted by molar-refractivity contribution is -0.174. The highest BCUT2D eigenvalue weighted by atomic mass is 31.2. The summed E-state index contributed by atoms with van der Waals surface area (Å²) >= 11 is 0. The van der Waals surface area contributed by atoms with E-state index in [-0.39, 0.29) is 0 Å². The molecule has 2 aliphatic rings. The largest absolute Gasteiger partial charge is 0.341 e. The molecule has 5 aromatic carbocycles. The van der Waals surface area contributed by atoms with E-state index in [1.165, 1.54) is 0 Å². The molecule has 0 amide bonds. The molecule has 224 valence electrons. The van der Waals surface area contributed by atoms with E-state index in [9.17, 15) is 0 Å². The van der Waals surface area contributed by atoms with Gasteiger partial charge in [-0.25, -0.2) is 0 Å². The summed E-state index contributed by atoms with van der Waals surface area (Å²) < 4.78 is 31.4. The third-order valence-corrected chi connectivity index (χ3v) is 10.4. The van der Waals surface area contributed by atoms with E-state index in [2.05, 4.69) is 138 Å². The zero-order valence-electron chi connectivity index (χ0n) is 25.2. The van der Waals surface area contributed by atoms with E-state index in [1.807, 2.05) is 38.1 Å². The maximum Gasteiger partial charge on any atom is 0.296 e. The van der Waals surface area contributed by atoms with Crippen LogP contribution in [0.4, 0.5) is 0 Å². The van der Waals surface area contributed by atoms with Crippen LogP contribution >= 0.6 is 8.53 Å². The van der Waals surface area contributed by atoms with E-state index >= 15 is 0 Å². The Morgan fingerprint density at radius 2 is 0.778 bits per heavy atom. The molecule has 0 aliphatic carbocycles. The number of benzene rings is 5. The van der Waals surface area contributed by atoms with Gasteiger partial charge in [0.1, 0.15) is 12.2 Å². The minimum Gasteiger partial charge on any atom is -0.341 e. The van der Waals surface area contributed by atoms with Gasteiger partial charge in [0, 0.05) is 12.4 Å². The zero-order chi connectivity index (χ0) is 30.5. The van der Waals surface area contributed by atoms with Crippen LogP contribution in [0.3, 0.4) is 0 Å². The summed E-state index contributed by atoms with van der Waals surface area (Å²) in [7, 11) is -1.81. The van der Waals surface area contributed by atoms with Crippen LogP contribution in [0.15, 0.2) is 158 Å². The molecule has 6 heteroatoms. The smallest absolute Gasteiger partial charge is 0.296 e. The quantitative estimate of drug-likeness (QED) is 0.182. The van der Waals surface area contributed by atoms with Gasteiger partial charge in [-0.2, -0.15) is 0 Å². The summed E-state index contributed by atoms with van der Waals surface area (Å²) in [5, 5.41) is 2.22. The molecular formula is C39H34NO4P. The molecule has 0 N–H and O–H groups in total. The fourth-order valence-corrected chi connectivity index (χ4v) is 8.71. The van der Waals surface area contributed by atoms with Crippen LogP contribution in [0, 0.1) is 0 Å². The molecule has 6 aromatic rings. The first-order valence-corrected chi connectivity index (χ1v) is 16.5. The summed E-state index contributed by atoms with van der Waals surface area (Å²) in [6, 6.07) is 49.9. The topological polar surface area (TPSA) is 41.9 Å². The van der Waals surface area contributed by atoms with E-state index in [0.29, 0.717) is 0 Å². The molecule has 8 rings (SSSR count). The molecule has 1 aromatic heterocycles. The first kappa shape index (κ1) is 28.4. The van der Waals surface area contributed by atoms with Crippen LogP contribution in [0.2, 0.25) is 0 Å². The van der Waals surface area contributed by atoms with Crippen LogP contribution in [0.1, 0.15) is 36.1 Å². The number of hydrogen-bond acceptors (Lipinski definition) is 4. The Morgan fingerprint density at radius 3 is 1.11 bits per heavy atom. The lowest BCUT2D eigenvalue weighted by Gasteiger charge is -2.41. The normalized spacial score (nSPS) is 22.1. The van der Waals surface area contributed by atoms with Crippen molar-refractivity contribution in [3.63, 3.8) is 0 Å². The van der Waals surface area contributed by atoms with E-state index in [4.69, 9.17) is 18.5 Å². The number of rotatable bonds is 5. The number of hydrogen-bond donors (Lipinski definition) is 0. The Hall–Kier alpha value is -4.09. The van der Waals surface area contributed by atoms with Crippen LogP contribution in [0.5, 0.6) is 0 Å². The summed E-state index contributed by atoms with van der Waals surface area (Å²) in [5.74, 6) is -0.923. The Kier molecular flexibility index (Phi) is 6.98. The van der Waals surface area contributed by atoms with E-state index in [0.717, 1.165) is 33.0 Å². The predicted molar refractivity (Wildman–Crippen MR) is 178 cm³/mol. The number of fused-ring (bicyclic) bond motifs is 2. The molecule has 0 saturated carbocycles. The van der Waals surface area contributed by atoms with E-state index in [1.54, 1.807) is 0 Å². The molecule has 3 heterocycles. The zero-order valence-corrected chi connectivity index (χ0v) is 26.1. The maximum atomic E-state index is 7.59. The van der Waals surface area contributed by atoms with Crippen molar-refractivity contribution in [3.05, 3.63) is 180 Å². The van der Waals surface area contributed by atoms with Gasteiger partial charge in [0.25, 0.3) is 8.53 Å². The predicted octanol–water partition coefficient (Wildman–Crippen LogP) is 9.17. The van der Waals surface area contributed by atoms with Crippen LogP contribution in [-0.4, -0.2) is 22.3 Å². The Morgan fingerprint density at radius 1 is 0.467 bits per heavy atom. The second-order valence-electron chi connectivity index (χ2n) is 12.1. The van der Waals surface area contributed by atoms with Gasteiger partial charge in [-0.3, -0.25) is 13.4 Å². The summed E-state index contributed by atoms with van der Waals surface area (Å²) in [6.45, 7) is 3.95. The highest BCUT2D eigenvalue weighted by molar-refractivity contribution is 7.45. The molecule has 2 fully saturated rings. The van der Waals surface area contributed by atoms with Crippen molar-refractivity contribution in [2.45, 2.75) is 43.0 Å². The van der Waals surface area contributed by atoms with Gasteiger partial charge in [0.15, 0.2) is 17.0 Å². The van der Waals surface area contributed by atoms with E-state index < -0.39 is 37.7 Å². The number of ether oxygens (including phenoxy) is 2. The Labute approximate surface area is 264 Å². The standard InChI is InChI=1S/C39H34NO4P/c1-37(2)41-35-36(42-37)39(33-23-11-5-12-24-33,34-25-13-6-14-26-34)44-45(40-27-29-17-15-16-18-30(29)28-40)43-38(35,31-19-7-3-8-20-31)32-21-9-4-10-22-32/h3-28,35-36H,1-2H3/t35-,36-/m1/s1. The molecule has 0 unspecified atom stereocenters. The van der Waals surface area contributed by atoms with Crippen molar-refractivity contribution in [3.8, 4) is 0 Å². The second-order valence-corrected chi connectivity index (χ2v) is 13.4. The van der Waals surface area contributed by atoms with Crippen molar-refractivity contribution in [1.82, 2.24) is 4.34 Å². The first-order valence-electron chi connectivity index (χ1n) is 15.3. The molecule has 0 radical (unpaired) electrons. The summed E-state index contributed by atoms with van der Waals surface area (Å²) in [4.78, 5) is 0. The van der Waals surface area contributed by atoms with Gasteiger partial charge in [-0.1, -0.05) is 146 Å². The van der Waals surface area contributed by atoms with Crippen molar-refractivity contribution in [1.29, 1.82) is 0 Å². The van der Waals surface area contributed by atoms with Crippen molar-refractivity contribution < 1.29 is 18.5 Å². The lowest BCUT2D eigenvalue weighted by atomic mass is 9.72. The fraction of sp³-hybridized carbons (Fsp3) is 0.179. The molecule has 2 saturated heterocycles. The Balaban J connectivity index is 1.48. The maximum absolute atomic E-state index is 7.59. The summed E-state index contributed by atoms with van der Waals surface area (Å²) in [5.41, 5.74) is 1.70. The minimum atomic E-state index is -1.81. The molecular weight excluding hydrogens is 577 g/mol. The second kappa shape index (κ2) is 11.1. The highest BCUT2D eigenvalue weighted by Gasteiger charge is 2.67. The van der Waals surface area contributed by atoms with Crippen LogP contribution < -0.4 is 0 Å². The fourth-order valence-electron chi connectivity index (χ4n) is 6.93. The minimum absolute atomic E-state index is 0.602. The SMILES string of the molecule is CC1(C)O[C@@H]2[C@@H](O1)C(c1ccccc1)(c1ccccc1)OP(n1cc3ccccc3c1)OC2(c1ccccc1)c1ccccc1. The lowest BCUT2D eigenvalue weighted by Crippen LogP contribution is -2.53. The van der Waals surface area contributed by atoms with Crippen LogP contribution in [-0.2, 0) is 29.7 Å². The van der Waals surface area contributed by atoms with Gasteiger partial charge in [0.05, 0.1) is 0 Å². The highest BCUT2D eigenvalue weighted by Crippen LogP contribution is 2.65. The van der Waals surface area contributed by atoms with Crippen LogP contribution in [0.25, 0.3) is 10.8 Å². The molecule has 0 bridgehead atoms. The molecule has 5 nitrogen and oxygen atoms in total. The van der Waals surface area contributed by atoms with Crippen molar-refractivity contribution in [2.24, 2.45) is 0 Å². The van der Waals surface area contributed by atoms with Gasteiger partial charge in [0.2, 0.25) is 0 Å². The third-order valence-electron chi connectivity index (χ3n) is 8.88. The average molecular weight is 612 g/mol. The molecule has 2 atom stereocenters. The monoisotopic (exact) mass is 611 g/mol. The third kappa shape index (κ3) is 4.66. The molecule has 45 heavy (non-hydrogen) atoms. The molecule has 2 aliphatic heterocycles. The first-order chi connectivity index (χ1) is 22.0. The molecule has 0 spiro atoms. The number of nitrogens with zero attached hydrogens (tertiary/aromatic N) is 1. The van der Waals surface area contributed by atoms with Gasteiger partial charge < -0.3 is 9.47 Å². The van der Waals surface area contributed by atoms with Crippen molar-refractivity contribution in [2.75, 3.05) is 0 Å². The average Bonchev–Trinajstić information content (AvgIpc) is 3.64.